The van der Waals surface area contributed by atoms with Crippen molar-refractivity contribution in [1.82, 2.24) is 9.80 Å². The Bertz CT molecular complexity index is 734. The molecule has 1 saturated carbocycles. The standard InChI is InChI=1S/C23H34N2O4/c1-29-20-15-17(8-9-19(20)26)22-18-7-3-4-10-23(18,28)11-14-25(22)16-21(27)24-12-5-2-6-13-24/h8-9,15,18,22,26,28H,2-7,10-14,16H2,1H3/t18?,22-,23?/m0/s1. The molecule has 0 aromatic heterocycles. The minimum Gasteiger partial charge on any atom is -0.504 e. The van der Waals surface area contributed by atoms with Gasteiger partial charge in [-0.15, -0.1) is 0 Å². The van der Waals surface area contributed by atoms with E-state index in [1.54, 1.807) is 13.2 Å². The number of likely N-dealkylation sites (tertiary alicyclic amines) is 2. The lowest BCUT2D eigenvalue weighted by atomic mass is 9.66. The number of phenols is 1. The molecule has 3 fully saturated rings. The number of carbonyl (C=O) groups excluding carboxylic acids is 1. The van der Waals surface area contributed by atoms with Crippen LogP contribution in [0, 0.1) is 5.92 Å². The summed E-state index contributed by atoms with van der Waals surface area (Å²) in [5.74, 6) is 0.840. The highest BCUT2D eigenvalue weighted by Gasteiger charge is 2.49. The number of aromatic hydroxyl groups is 1. The molecule has 0 bridgehead atoms. The molecule has 1 amide bonds. The number of piperidine rings is 2. The van der Waals surface area contributed by atoms with Crippen molar-refractivity contribution in [3.63, 3.8) is 0 Å². The number of carbonyl (C=O) groups is 1. The van der Waals surface area contributed by atoms with E-state index >= 15 is 0 Å². The topological polar surface area (TPSA) is 73.2 Å². The molecule has 6 nitrogen and oxygen atoms in total. The summed E-state index contributed by atoms with van der Waals surface area (Å²) in [6, 6.07) is 5.41. The van der Waals surface area contributed by atoms with Crippen LogP contribution in [0.3, 0.4) is 0 Å². The molecule has 6 heteroatoms. The molecular weight excluding hydrogens is 368 g/mol. The van der Waals surface area contributed by atoms with Gasteiger partial charge in [0.1, 0.15) is 0 Å². The molecular formula is C23H34N2O4. The lowest BCUT2D eigenvalue weighted by molar-refractivity contribution is -0.145. The lowest BCUT2D eigenvalue weighted by Gasteiger charge is -2.52. The summed E-state index contributed by atoms with van der Waals surface area (Å²) in [6.07, 6.45) is 8.06. The first-order chi connectivity index (χ1) is 14.0. The van der Waals surface area contributed by atoms with Crippen molar-refractivity contribution in [3.8, 4) is 11.5 Å². The zero-order valence-electron chi connectivity index (χ0n) is 17.5. The molecule has 0 radical (unpaired) electrons. The summed E-state index contributed by atoms with van der Waals surface area (Å²) < 4.78 is 5.34. The van der Waals surface area contributed by atoms with E-state index in [0.717, 1.165) is 63.6 Å². The van der Waals surface area contributed by atoms with Crippen LogP contribution in [0.4, 0.5) is 0 Å². The van der Waals surface area contributed by atoms with Gasteiger partial charge >= 0.3 is 0 Å². The van der Waals surface area contributed by atoms with Gasteiger partial charge in [0.2, 0.25) is 5.91 Å². The van der Waals surface area contributed by atoms with Crippen LogP contribution in [-0.2, 0) is 4.79 Å². The Balaban J connectivity index is 1.63. The number of rotatable bonds is 4. The van der Waals surface area contributed by atoms with Crippen molar-refractivity contribution in [2.24, 2.45) is 5.92 Å². The number of benzene rings is 1. The van der Waals surface area contributed by atoms with Crippen LogP contribution >= 0.6 is 0 Å². The zero-order valence-corrected chi connectivity index (χ0v) is 17.5. The number of ether oxygens (including phenoxy) is 1. The fraction of sp³-hybridized carbons (Fsp3) is 0.696. The number of hydrogen-bond donors (Lipinski definition) is 2. The van der Waals surface area contributed by atoms with Crippen molar-refractivity contribution in [2.45, 2.75) is 63.0 Å². The van der Waals surface area contributed by atoms with E-state index < -0.39 is 5.60 Å². The maximum atomic E-state index is 13.0. The van der Waals surface area contributed by atoms with Crippen molar-refractivity contribution in [3.05, 3.63) is 23.8 Å². The largest absolute Gasteiger partial charge is 0.504 e. The van der Waals surface area contributed by atoms with Gasteiger partial charge in [-0.25, -0.2) is 0 Å². The Morgan fingerprint density at radius 3 is 2.69 bits per heavy atom. The molecule has 29 heavy (non-hydrogen) atoms. The van der Waals surface area contributed by atoms with Gasteiger partial charge in [-0.2, -0.15) is 0 Å². The van der Waals surface area contributed by atoms with E-state index in [0.29, 0.717) is 18.8 Å². The minimum absolute atomic E-state index is 0.0442. The van der Waals surface area contributed by atoms with Gasteiger partial charge in [0.25, 0.3) is 0 Å². The van der Waals surface area contributed by atoms with Crippen molar-refractivity contribution < 1.29 is 19.7 Å². The third-order valence-electron chi connectivity index (χ3n) is 7.26. The molecule has 1 aromatic rings. The lowest BCUT2D eigenvalue weighted by Crippen LogP contribution is -2.56. The maximum Gasteiger partial charge on any atom is 0.236 e. The van der Waals surface area contributed by atoms with Crippen LogP contribution in [-0.4, -0.2) is 64.8 Å². The van der Waals surface area contributed by atoms with E-state index in [1.165, 1.54) is 6.42 Å². The molecule has 3 atom stereocenters. The molecule has 0 spiro atoms. The number of fused-ring (bicyclic) bond motifs is 1. The number of nitrogens with zero attached hydrogens (tertiary/aromatic N) is 2. The van der Waals surface area contributed by atoms with Crippen LogP contribution in [0.1, 0.15) is 63.0 Å². The van der Waals surface area contributed by atoms with Crippen molar-refractivity contribution >= 4 is 5.91 Å². The Morgan fingerprint density at radius 2 is 1.93 bits per heavy atom. The first-order valence-corrected chi connectivity index (χ1v) is 11.1. The summed E-state index contributed by atoms with van der Waals surface area (Å²) >= 11 is 0. The molecule has 1 aromatic carbocycles. The van der Waals surface area contributed by atoms with Crippen molar-refractivity contribution in [2.75, 3.05) is 33.3 Å². The van der Waals surface area contributed by atoms with Crippen LogP contribution in [0.5, 0.6) is 11.5 Å². The van der Waals surface area contributed by atoms with E-state index in [1.807, 2.05) is 17.0 Å². The SMILES string of the molecule is COc1cc([C@H]2C3CCCCC3(O)CCN2CC(=O)N2CCCCC2)ccc1O. The third kappa shape index (κ3) is 4.10. The summed E-state index contributed by atoms with van der Waals surface area (Å²) in [7, 11) is 1.55. The molecule has 2 N–H and O–H groups in total. The first-order valence-electron chi connectivity index (χ1n) is 11.1. The Labute approximate surface area is 173 Å². The predicted octanol–water partition coefficient (Wildman–Crippen LogP) is 3.08. The highest BCUT2D eigenvalue weighted by molar-refractivity contribution is 5.78. The second kappa shape index (κ2) is 8.52. The van der Waals surface area contributed by atoms with Gasteiger partial charge in [0.15, 0.2) is 11.5 Å². The molecule has 4 rings (SSSR count). The smallest absolute Gasteiger partial charge is 0.236 e. The zero-order chi connectivity index (χ0) is 20.4. The number of amides is 1. The van der Waals surface area contributed by atoms with Crippen LogP contribution in [0.2, 0.25) is 0 Å². The Morgan fingerprint density at radius 1 is 1.14 bits per heavy atom. The molecule has 160 valence electrons. The van der Waals surface area contributed by atoms with Gasteiger partial charge in [0, 0.05) is 31.6 Å². The molecule has 1 aliphatic carbocycles. The predicted molar refractivity (Wildman–Crippen MR) is 111 cm³/mol. The fourth-order valence-electron chi connectivity index (χ4n) is 5.66. The van der Waals surface area contributed by atoms with Gasteiger partial charge < -0.3 is 19.8 Å². The van der Waals surface area contributed by atoms with Crippen molar-refractivity contribution in [1.29, 1.82) is 0 Å². The average molecular weight is 403 g/mol. The van der Waals surface area contributed by atoms with Gasteiger partial charge in [-0.05, 0) is 56.2 Å². The summed E-state index contributed by atoms with van der Waals surface area (Å²) in [4.78, 5) is 17.3. The number of methoxy groups -OCH3 is 1. The third-order valence-corrected chi connectivity index (χ3v) is 7.26. The summed E-state index contributed by atoms with van der Waals surface area (Å²) in [5, 5.41) is 21.5. The molecule has 2 aliphatic heterocycles. The highest BCUT2D eigenvalue weighted by Crippen LogP contribution is 2.50. The summed E-state index contributed by atoms with van der Waals surface area (Å²) in [5.41, 5.74) is 0.342. The monoisotopic (exact) mass is 402 g/mol. The second-order valence-electron chi connectivity index (χ2n) is 8.99. The number of aliphatic hydroxyl groups is 1. The first kappa shape index (κ1) is 20.5. The Kier molecular flexibility index (Phi) is 6.02. The van der Waals surface area contributed by atoms with Gasteiger partial charge in [0.05, 0.1) is 19.3 Å². The number of phenolic OH excluding ortho intramolecular Hbond substituents is 1. The Hall–Kier alpha value is -1.79. The fourth-order valence-corrected chi connectivity index (χ4v) is 5.66. The molecule has 2 saturated heterocycles. The van der Waals surface area contributed by atoms with E-state index in [4.69, 9.17) is 4.74 Å². The quantitative estimate of drug-likeness (QED) is 0.810. The normalized spacial score (nSPS) is 30.6. The molecule has 2 heterocycles. The molecule has 2 unspecified atom stereocenters. The van der Waals surface area contributed by atoms with E-state index in [-0.39, 0.29) is 23.6 Å². The maximum absolute atomic E-state index is 13.0. The van der Waals surface area contributed by atoms with Gasteiger partial charge in [-0.1, -0.05) is 18.9 Å². The highest BCUT2D eigenvalue weighted by atomic mass is 16.5. The average Bonchev–Trinajstić information content (AvgIpc) is 2.75. The van der Waals surface area contributed by atoms with Gasteiger partial charge in [-0.3, -0.25) is 9.69 Å². The molecule has 3 aliphatic rings. The van der Waals surface area contributed by atoms with E-state index in [2.05, 4.69) is 4.90 Å². The minimum atomic E-state index is -0.668. The second-order valence-corrected chi connectivity index (χ2v) is 8.99. The van der Waals surface area contributed by atoms with E-state index in [9.17, 15) is 15.0 Å². The van der Waals surface area contributed by atoms with Crippen LogP contribution < -0.4 is 4.74 Å². The number of hydrogen-bond acceptors (Lipinski definition) is 5. The van der Waals surface area contributed by atoms with Crippen LogP contribution in [0.15, 0.2) is 18.2 Å². The summed E-state index contributed by atoms with van der Waals surface area (Å²) in [6.45, 7) is 2.82. The van der Waals surface area contributed by atoms with Crippen LogP contribution in [0.25, 0.3) is 0 Å².